The highest BCUT2D eigenvalue weighted by atomic mass is 16.5. The molecule has 30 heavy (non-hydrogen) atoms. The number of ether oxygens (including phenoxy) is 1. The minimum atomic E-state index is 0.632. The Morgan fingerprint density at radius 1 is 0.600 bits per heavy atom. The van der Waals surface area contributed by atoms with E-state index in [9.17, 15) is 0 Å². The third kappa shape index (κ3) is 3.44. The smallest absolute Gasteiger partial charge is 0.227 e. The van der Waals surface area contributed by atoms with Crippen molar-refractivity contribution in [2.75, 3.05) is 0 Å². The van der Waals surface area contributed by atoms with Gasteiger partial charge in [0.1, 0.15) is 5.76 Å². The van der Waals surface area contributed by atoms with Crippen LogP contribution in [0.1, 0.15) is 27.8 Å². The molecular weight excluding hydrogens is 366 g/mol. The minimum Gasteiger partial charge on any atom is -0.437 e. The first kappa shape index (κ1) is 18.1. The third-order valence-corrected chi connectivity index (χ3v) is 5.22. The lowest BCUT2D eigenvalue weighted by Crippen LogP contribution is -1.97. The van der Waals surface area contributed by atoms with Crippen molar-refractivity contribution < 1.29 is 4.74 Å². The summed E-state index contributed by atoms with van der Waals surface area (Å²) >= 11 is 0. The van der Waals surface area contributed by atoms with Crippen molar-refractivity contribution in [2.24, 2.45) is 4.99 Å². The van der Waals surface area contributed by atoms with E-state index >= 15 is 0 Å². The van der Waals surface area contributed by atoms with Crippen molar-refractivity contribution in [1.29, 1.82) is 0 Å². The van der Waals surface area contributed by atoms with Crippen LogP contribution in [0, 0.1) is 6.92 Å². The molecule has 0 amide bonds. The van der Waals surface area contributed by atoms with Gasteiger partial charge in [0, 0.05) is 16.7 Å². The van der Waals surface area contributed by atoms with Crippen LogP contribution in [-0.4, -0.2) is 5.90 Å². The van der Waals surface area contributed by atoms with E-state index < -0.39 is 0 Å². The zero-order valence-corrected chi connectivity index (χ0v) is 16.7. The van der Waals surface area contributed by atoms with E-state index in [1.165, 1.54) is 5.56 Å². The molecule has 1 heterocycles. The molecule has 0 saturated heterocycles. The lowest BCUT2D eigenvalue weighted by Gasteiger charge is -2.13. The molecule has 0 radical (unpaired) electrons. The number of para-hydroxylation sites is 1. The molecule has 0 bridgehead atoms. The van der Waals surface area contributed by atoms with Crippen molar-refractivity contribution in [1.82, 2.24) is 0 Å². The van der Waals surface area contributed by atoms with E-state index in [1.54, 1.807) is 0 Å². The molecule has 1 aliphatic heterocycles. The maximum absolute atomic E-state index is 6.47. The number of rotatable bonds is 3. The van der Waals surface area contributed by atoms with Gasteiger partial charge in [-0.05, 0) is 36.2 Å². The molecule has 4 aromatic carbocycles. The van der Waals surface area contributed by atoms with Crippen molar-refractivity contribution >= 4 is 22.9 Å². The van der Waals surface area contributed by atoms with Crippen LogP contribution in [0.2, 0.25) is 0 Å². The van der Waals surface area contributed by atoms with Gasteiger partial charge < -0.3 is 4.74 Å². The summed E-state index contributed by atoms with van der Waals surface area (Å²) in [6, 6.07) is 37.2. The van der Waals surface area contributed by atoms with Crippen molar-refractivity contribution in [3.63, 3.8) is 0 Å². The predicted octanol–water partition coefficient (Wildman–Crippen LogP) is 7.02. The second-order valence-corrected chi connectivity index (χ2v) is 7.34. The first-order chi connectivity index (χ1) is 14.8. The third-order valence-electron chi connectivity index (χ3n) is 5.22. The molecule has 0 aromatic heterocycles. The van der Waals surface area contributed by atoms with Crippen LogP contribution < -0.4 is 0 Å². The van der Waals surface area contributed by atoms with Gasteiger partial charge in [-0.3, -0.25) is 0 Å². The summed E-state index contributed by atoms with van der Waals surface area (Å²) in [6.45, 7) is 2.10. The molecule has 4 aromatic rings. The van der Waals surface area contributed by atoms with Crippen LogP contribution >= 0.6 is 0 Å². The van der Waals surface area contributed by atoms with Crippen molar-refractivity contribution in [2.45, 2.75) is 6.92 Å². The minimum absolute atomic E-state index is 0.632. The Hall–Kier alpha value is -3.91. The summed E-state index contributed by atoms with van der Waals surface area (Å²) in [7, 11) is 0. The average Bonchev–Trinajstić information content (AvgIpc) is 3.15. The topological polar surface area (TPSA) is 21.6 Å². The lowest BCUT2D eigenvalue weighted by atomic mass is 9.93. The van der Waals surface area contributed by atoms with Crippen LogP contribution in [0.5, 0.6) is 0 Å². The van der Waals surface area contributed by atoms with E-state index in [-0.39, 0.29) is 0 Å². The van der Waals surface area contributed by atoms with Gasteiger partial charge in [0.15, 0.2) is 0 Å². The van der Waals surface area contributed by atoms with Gasteiger partial charge in [0.25, 0.3) is 0 Å². The van der Waals surface area contributed by atoms with Crippen LogP contribution in [0.15, 0.2) is 114 Å². The Balaban J connectivity index is 1.74. The molecule has 0 aliphatic carbocycles. The van der Waals surface area contributed by atoms with Crippen molar-refractivity contribution in [3.05, 3.63) is 137 Å². The monoisotopic (exact) mass is 387 g/mol. The number of fused-ring (bicyclic) bond motifs is 1. The van der Waals surface area contributed by atoms with Gasteiger partial charge in [0.05, 0.1) is 5.69 Å². The average molecular weight is 387 g/mol. The van der Waals surface area contributed by atoms with Gasteiger partial charge in [-0.2, -0.15) is 0 Å². The maximum Gasteiger partial charge on any atom is 0.227 e. The Bertz CT molecular complexity index is 1240. The van der Waals surface area contributed by atoms with Crippen LogP contribution in [0.25, 0.3) is 11.3 Å². The number of hydrogen-bond acceptors (Lipinski definition) is 2. The van der Waals surface area contributed by atoms with E-state index in [0.717, 1.165) is 39.3 Å². The molecule has 2 heteroatoms. The zero-order chi connectivity index (χ0) is 20.3. The quantitative estimate of drug-likeness (QED) is 0.370. The highest BCUT2D eigenvalue weighted by Gasteiger charge is 2.28. The predicted molar refractivity (Wildman–Crippen MR) is 124 cm³/mol. The van der Waals surface area contributed by atoms with E-state index in [0.29, 0.717) is 5.90 Å². The lowest BCUT2D eigenvalue weighted by molar-refractivity contribution is 0.527. The summed E-state index contributed by atoms with van der Waals surface area (Å²) in [4.78, 5) is 4.79. The molecule has 0 atom stereocenters. The Kier molecular flexibility index (Phi) is 4.74. The molecule has 0 fully saturated rings. The Morgan fingerprint density at radius 2 is 1.17 bits per heavy atom. The number of benzene rings is 4. The summed E-state index contributed by atoms with van der Waals surface area (Å²) in [5.41, 5.74) is 7.49. The van der Waals surface area contributed by atoms with E-state index in [4.69, 9.17) is 9.73 Å². The molecule has 0 N–H and O–H groups in total. The largest absolute Gasteiger partial charge is 0.437 e. The SMILES string of the molecule is Cc1ccc(/C(=C2/OC(=Nc3ccccc3)c3ccccc32)c2ccccc2)cc1. The zero-order valence-electron chi connectivity index (χ0n) is 16.7. The van der Waals surface area contributed by atoms with Gasteiger partial charge in [-0.15, -0.1) is 0 Å². The first-order valence-corrected chi connectivity index (χ1v) is 10.1. The summed E-state index contributed by atoms with van der Waals surface area (Å²) in [5.74, 6) is 1.47. The summed E-state index contributed by atoms with van der Waals surface area (Å²) in [5, 5.41) is 0. The number of aliphatic imine (C=N–C) groups is 1. The molecule has 0 unspecified atom stereocenters. The fraction of sp³-hybridized carbons (Fsp3) is 0.0357. The number of aryl methyl sites for hydroxylation is 1. The standard InChI is InChI=1S/C28H21NO/c1-20-16-18-22(19-17-20)26(21-10-4-2-5-11-21)27-24-14-8-9-15-25(24)28(30-27)29-23-12-6-3-7-13-23/h2-19H,1H3/b27-26+,29-28?. The molecule has 0 saturated carbocycles. The molecule has 2 nitrogen and oxygen atoms in total. The first-order valence-electron chi connectivity index (χ1n) is 10.1. The van der Waals surface area contributed by atoms with Crippen LogP contribution in [0.3, 0.4) is 0 Å². The van der Waals surface area contributed by atoms with Gasteiger partial charge in [-0.25, -0.2) is 4.99 Å². The maximum atomic E-state index is 6.47. The van der Waals surface area contributed by atoms with Gasteiger partial charge >= 0.3 is 0 Å². The second kappa shape index (κ2) is 7.84. The molecule has 0 spiro atoms. The normalized spacial score (nSPS) is 15.6. The van der Waals surface area contributed by atoms with Gasteiger partial charge in [-0.1, -0.05) is 96.6 Å². The molecular formula is C28H21NO. The highest BCUT2D eigenvalue weighted by molar-refractivity contribution is 6.13. The van der Waals surface area contributed by atoms with E-state index in [1.807, 2.05) is 48.5 Å². The number of nitrogens with zero attached hydrogens (tertiary/aromatic N) is 1. The van der Waals surface area contributed by atoms with Gasteiger partial charge in [0.2, 0.25) is 5.90 Å². The summed E-state index contributed by atoms with van der Waals surface area (Å²) in [6.07, 6.45) is 0. The molecule has 144 valence electrons. The number of hydrogen-bond donors (Lipinski definition) is 0. The van der Waals surface area contributed by atoms with Crippen LogP contribution in [0.4, 0.5) is 5.69 Å². The highest BCUT2D eigenvalue weighted by Crippen LogP contribution is 2.39. The Morgan fingerprint density at radius 3 is 1.87 bits per heavy atom. The van der Waals surface area contributed by atoms with E-state index in [2.05, 4.69) is 67.6 Å². The molecule has 1 aliphatic rings. The summed E-state index contributed by atoms with van der Waals surface area (Å²) < 4.78 is 6.47. The van der Waals surface area contributed by atoms with Crippen LogP contribution in [-0.2, 0) is 4.74 Å². The fourth-order valence-corrected chi connectivity index (χ4v) is 3.72. The fourth-order valence-electron chi connectivity index (χ4n) is 3.72. The molecule has 5 rings (SSSR count). The second-order valence-electron chi connectivity index (χ2n) is 7.34. The Labute approximate surface area is 176 Å². The van der Waals surface area contributed by atoms with Crippen molar-refractivity contribution in [3.8, 4) is 0 Å².